The Balaban J connectivity index is 3.81. The van der Waals surface area contributed by atoms with Gasteiger partial charge in [0.25, 0.3) is 0 Å². The molecule has 0 N–H and O–H groups in total. The molecule has 0 amide bonds. The molecule has 0 fully saturated rings. The lowest BCUT2D eigenvalue weighted by atomic mass is 10.1. The highest BCUT2D eigenvalue weighted by atomic mass is 16.1. The third-order valence-corrected chi connectivity index (χ3v) is 0.818. The normalized spacial score (nSPS) is 17.9. The molecule has 7 heavy (non-hydrogen) atoms. The van der Waals surface area contributed by atoms with E-state index in [0.29, 0.717) is 0 Å². The lowest BCUT2D eigenvalue weighted by Crippen LogP contribution is -2.03. The summed E-state index contributed by atoms with van der Waals surface area (Å²) in [5, 5.41) is 0. The Morgan fingerprint density at radius 3 is 2.57 bits per heavy atom. The lowest BCUT2D eigenvalue weighted by Gasteiger charge is -1.96. The van der Waals surface area contributed by atoms with Gasteiger partial charge < -0.3 is 0 Å². The molecule has 42 valence electrons. The fourth-order valence-electron chi connectivity index (χ4n) is 0.204. The highest BCUT2D eigenvalue weighted by Crippen LogP contribution is 1.95. The van der Waals surface area contributed by atoms with E-state index in [9.17, 15) is 4.79 Å². The van der Waals surface area contributed by atoms with Crippen LogP contribution in [0.5, 0.6) is 0 Å². The number of hydrogen-bond donors (Lipinski definition) is 0. The summed E-state index contributed by atoms with van der Waals surface area (Å²) in [6, 6.07) is 0. The molecule has 0 aromatic carbocycles. The Morgan fingerprint density at radius 2 is 2.43 bits per heavy atom. The van der Waals surface area contributed by atoms with E-state index < -0.39 is 6.85 Å². The van der Waals surface area contributed by atoms with Crippen LogP contribution in [0.15, 0.2) is 0 Å². The summed E-state index contributed by atoms with van der Waals surface area (Å²) >= 11 is 0. The quantitative estimate of drug-likeness (QED) is 0.519. The van der Waals surface area contributed by atoms with Gasteiger partial charge >= 0.3 is 0 Å². The molecule has 0 aromatic heterocycles. The molecule has 0 spiro atoms. The Bertz CT molecular complexity index is 125. The summed E-state index contributed by atoms with van der Waals surface area (Å²) < 4.78 is 20.3. The van der Waals surface area contributed by atoms with Crippen molar-refractivity contribution in [1.29, 1.82) is 0 Å². The molecule has 0 radical (unpaired) electrons. The van der Waals surface area contributed by atoms with Crippen molar-refractivity contribution in [2.45, 2.75) is 27.1 Å². The van der Waals surface area contributed by atoms with Crippen molar-refractivity contribution in [2.24, 2.45) is 5.92 Å². The number of rotatable bonds is 2. The van der Waals surface area contributed by atoms with Crippen LogP contribution >= 0.6 is 0 Å². The van der Waals surface area contributed by atoms with E-state index >= 15 is 0 Å². The van der Waals surface area contributed by atoms with Crippen molar-refractivity contribution in [2.75, 3.05) is 0 Å². The summed E-state index contributed by atoms with van der Waals surface area (Å²) in [5.74, 6) is -0.361. The van der Waals surface area contributed by atoms with E-state index in [4.69, 9.17) is 4.11 Å². The Labute approximate surface area is 48.9 Å². The van der Waals surface area contributed by atoms with Gasteiger partial charge in [0.15, 0.2) is 0 Å². The van der Waals surface area contributed by atoms with Crippen molar-refractivity contribution in [3.63, 3.8) is 0 Å². The Morgan fingerprint density at radius 1 is 1.86 bits per heavy atom. The molecule has 0 atom stereocenters. The van der Waals surface area contributed by atoms with E-state index in [-0.39, 0.29) is 18.1 Å². The molecule has 1 heteroatoms. The summed E-state index contributed by atoms with van der Waals surface area (Å²) in [7, 11) is 0. The van der Waals surface area contributed by atoms with Gasteiger partial charge in [-0.25, -0.2) is 0 Å². The second-order valence-corrected chi connectivity index (χ2v) is 1.80. The predicted octanol–water partition coefficient (Wildman–Crippen LogP) is 1.62. The highest BCUT2D eigenvalue weighted by molar-refractivity contribution is 5.79. The third-order valence-electron chi connectivity index (χ3n) is 0.818. The number of ketones is 1. The number of Topliss-reactive ketones (excluding diaryl/α,β-unsaturated/α-hetero) is 1. The molecule has 0 aromatic rings. The Kier molecular flexibility index (Phi) is 1.13. The van der Waals surface area contributed by atoms with Crippen molar-refractivity contribution >= 4 is 5.78 Å². The van der Waals surface area contributed by atoms with Crippen molar-refractivity contribution in [3.05, 3.63) is 0 Å². The smallest absolute Gasteiger partial charge is 0.135 e. The molecule has 0 aliphatic carbocycles. The van der Waals surface area contributed by atoms with Crippen molar-refractivity contribution in [1.82, 2.24) is 0 Å². The van der Waals surface area contributed by atoms with Crippen LogP contribution in [0, 0.1) is 5.92 Å². The minimum atomic E-state index is -2.10. The number of carbonyl (C=O) groups excluding carboxylic acids is 1. The molecule has 1 nitrogen and oxygen atoms in total. The molecule has 0 saturated carbocycles. The molecule has 0 unspecified atom stereocenters. The number of hydrogen-bond acceptors (Lipinski definition) is 1. The highest BCUT2D eigenvalue weighted by Gasteiger charge is 2.00. The summed E-state index contributed by atoms with van der Waals surface area (Å²) in [6.07, 6.45) is -0.301. The maximum atomic E-state index is 10.8. The van der Waals surface area contributed by atoms with Crippen LogP contribution in [-0.2, 0) is 4.79 Å². The molecule has 0 bridgehead atoms. The average molecular weight is 103 g/mol. The summed E-state index contributed by atoms with van der Waals surface area (Å²) in [6.45, 7) is 1.31. The first-order chi connectivity index (χ1) is 4.33. The minimum Gasteiger partial charge on any atom is -0.299 e. The van der Waals surface area contributed by atoms with Gasteiger partial charge in [0.2, 0.25) is 0 Å². The van der Waals surface area contributed by atoms with Gasteiger partial charge in [-0.3, -0.25) is 4.79 Å². The summed E-state index contributed by atoms with van der Waals surface area (Å²) in [5.41, 5.74) is 0. The zero-order valence-corrected chi connectivity index (χ0v) is 4.69. The SMILES string of the molecule is [2H]C([2H])([2H])CC(=O)C(C)C. The molecule has 0 saturated heterocycles. The molecule has 0 aliphatic heterocycles. The second kappa shape index (κ2) is 2.78. The van der Waals surface area contributed by atoms with E-state index in [1.54, 1.807) is 13.8 Å². The third kappa shape index (κ3) is 2.38. The van der Waals surface area contributed by atoms with Crippen LogP contribution in [0.25, 0.3) is 0 Å². The topological polar surface area (TPSA) is 17.1 Å². The maximum Gasteiger partial charge on any atom is 0.135 e. The number of carbonyl (C=O) groups is 1. The first kappa shape index (κ1) is 2.85. The zero-order chi connectivity index (χ0) is 8.36. The summed E-state index contributed by atoms with van der Waals surface area (Å²) in [4.78, 5) is 10.8. The van der Waals surface area contributed by atoms with Crippen molar-refractivity contribution < 1.29 is 8.91 Å². The van der Waals surface area contributed by atoms with Gasteiger partial charge in [-0.1, -0.05) is 20.7 Å². The van der Waals surface area contributed by atoms with Gasteiger partial charge in [0.05, 0.1) is 0 Å². The first-order valence-electron chi connectivity index (χ1n) is 3.85. The molecule has 0 aliphatic rings. The fourth-order valence-corrected chi connectivity index (χ4v) is 0.204. The lowest BCUT2D eigenvalue weighted by molar-refractivity contribution is -0.121. The van der Waals surface area contributed by atoms with Gasteiger partial charge in [-0.15, -0.1) is 0 Å². The monoisotopic (exact) mass is 103 g/mol. The van der Waals surface area contributed by atoms with Gasteiger partial charge in [-0.05, 0) is 0 Å². The average Bonchev–Trinajstić information content (AvgIpc) is 1.60. The van der Waals surface area contributed by atoms with Crippen LogP contribution in [0.2, 0.25) is 0 Å². The van der Waals surface area contributed by atoms with E-state index in [0.717, 1.165) is 0 Å². The standard InChI is InChI=1S/C6H12O/c1-4-6(7)5(2)3/h5H,4H2,1-3H3/i1D3. The second-order valence-electron chi connectivity index (χ2n) is 1.80. The van der Waals surface area contributed by atoms with Crippen LogP contribution in [0.1, 0.15) is 31.2 Å². The van der Waals surface area contributed by atoms with Crippen LogP contribution < -0.4 is 0 Å². The minimum absolute atomic E-state index is 0.166. The van der Waals surface area contributed by atoms with Crippen LogP contribution in [-0.4, -0.2) is 5.78 Å². The fraction of sp³-hybridized carbons (Fsp3) is 0.833. The van der Waals surface area contributed by atoms with Crippen LogP contribution in [0.3, 0.4) is 0 Å². The molecular weight excluding hydrogens is 88.1 g/mol. The largest absolute Gasteiger partial charge is 0.299 e. The first-order valence-corrected chi connectivity index (χ1v) is 2.35. The van der Waals surface area contributed by atoms with Crippen molar-refractivity contribution in [3.8, 4) is 0 Å². The maximum absolute atomic E-state index is 10.8. The molecular formula is C6H12O. The zero-order valence-electron chi connectivity index (χ0n) is 7.69. The predicted molar refractivity (Wildman–Crippen MR) is 30.1 cm³/mol. The molecule has 0 rings (SSSR count). The van der Waals surface area contributed by atoms with Gasteiger partial charge in [-0.2, -0.15) is 0 Å². The van der Waals surface area contributed by atoms with E-state index in [1.165, 1.54) is 0 Å². The van der Waals surface area contributed by atoms with Gasteiger partial charge in [0, 0.05) is 16.5 Å². The Hall–Kier alpha value is -0.330. The van der Waals surface area contributed by atoms with E-state index in [1.807, 2.05) is 0 Å². The van der Waals surface area contributed by atoms with Crippen LogP contribution in [0.4, 0.5) is 0 Å². The van der Waals surface area contributed by atoms with E-state index in [2.05, 4.69) is 0 Å². The van der Waals surface area contributed by atoms with Gasteiger partial charge in [0.1, 0.15) is 5.78 Å². The molecule has 0 heterocycles.